The number of aromatic nitrogens is 2. The second kappa shape index (κ2) is 8.99. The SMILES string of the molecule is CCCCNS(=O)(=O)c1ccc2c(c1)nc(Cc1cccs1)n2CCCC. The Morgan fingerprint density at radius 2 is 1.96 bits per heavy atom. The van der Waals surface area contributed by atoms with E-state index < -0.39 is 10.0 Å². The first-order valence-electron chi connectivity index (χ1n) is 9.56. The Morgan fingerprint density at radius 1 is 1.15 bits per heavy atom. The van der Waals surface area contributed by atoms with E-state index in [0.717, 1.165) is 55.5 Å². The number of hydrogen-bond donors (Lipinski definition) is 1. The third-order valence-electron chi connectivity index (χ3n) is 4.58. The minimum Gasteiger partial charge on any atom is -0.328 e. The van der Waals surface area contributed by atoms with E-state index in [1.54, 1.807) is 23.5 Å². The van der Waals surface area contributed by atoms with Gasteiger partial charge in [0, 0.05) is 24.4 Å². The van der Waals surface area contributed by atoms with Crippen LogP contribution < -0.4 is 4.72 Å². The number of benzene rings is 1. The number of rotatable bonds is 10. The molecule has 2 heterocycles. The Labute approximate surface area is 165 Å². The Kier molecular flexibility index (Phi) is 6.68. The number of thiophene rings is 1. The topological polar surface area (TPSA) is 64.0 Å². The number of nitrogens with zero attached hydrogens (tertiary/aromatic N) is 2. The monoisotopic (exact) mass is 405 g/mol. The lowest BCUT2D eigenvalue weighted by Gasteiger charge is -2.09. The summed E-state index contributed by atoms with van der Waals surface area (Å²) < 4.78 is 30.0. The van der Waals surface area contributed by atoms with Crippen molar-refractivity contribution in [1.29, 1.82) is 0 Å². The highest BCUT2D eigenvalue weighted by molar-refractivity contribution is 7.89. The number of aryl methyl sites for hydroxylation is 1. The van der Waals surface area contributed by atoms with Crippen molar-refractivity contribution in [3.05, 3.63) is 46.4 Å². The summed E-state index contributed by atoms with van der Waals surface area (Å²) >= 11 is 1.72. The first-order chi connectivity index (χ1) is 13.0. The number of sulfonamides is 1. The molecule has 0 aliphatic carbocycles. The normalized spacial score (nSPS) is 12.1. The van der Waals surface area contributed by atoms with Crippen LogP contribution in [0, 0.1) is 0 Å². The molecule has 0 radical (unpaired) electrons. The second-order valence-corrected chi connectivity index (χ2v) is 9.49. The van der Waals surface area contributed by atoms with Gasteiger partial charge in [-0.05, 0) is 42.5 Å². The summed E-state index contributed by atoms with van der Waals surface area (Å²) in [4.78, 5) is 6.34. The van der Waals surface area contributed by atoms with E-state index in [2.05, 4.69) is 27.7 Å². The van der Waals surface area contributed by atoms with Gasteiger partial charge >= 0.3 is 0 Å². The Morgan fingerprint density at radius 3 is 2.67 bits per heavy atom. The van der Waals surface area contributed by atoms with E-state index in [1.807, 2.05) is 19.1 Å². The van der Waals surface area contributed by atoms with Crippen molar-refractivity contribution in [2.75, 3.05) is 6.54 Å². The first-order valence-corrected chi connectivity index (χ1v) is 11.9. The number of unbranched alkanes of at least 4 members (excludes halogenated alkanes) is 2. The second-order valence-electron chi connectivity index (χ2n) is 6.69. The number of imidazole rings is 1. The summed E-state index contributed by atoms with van der Waals surface area (Å²) in [6, 6.07) is 9.44. The third-order valence-corrected chi connectivity index (χ3v) is 6.91. The summed E-state index contributed by atoms with van der Waals surface area (Å²) in [5, 5.41) is 2.07. The zero-order valence-electron chi connectivity index (χ0n) is 15.9. The summed E-state index contributed by atoms with van der Waals surface area (Å²) in [7, 11) is -3.49. The van der Waals surface area contributed by atoms with Crippen molar-refractivity contribution in [3.63, 3.8) is 0 Å². The molecule has 0 saturated heterocycles. The van der Waals surface area contributed by atoms with Crippen LogP contribution in [0.3, 0.4) is 0 Å². The van der Waals surface area contributed by atoms with Gasteiger partial charge in [-0.2, -0.15) is 0 Å². The quantitative estimate of drug-likeness (QED) is 0.503. The van der Waals surface area contributed by atoms with Crippen LogP contribution in [0.5, 0.6) is 0 Å². The maximum Gasteiger partial charge on any atom is 0.240 e. The van der Waals surface area contributed by atoms with Crippen molar-refractivity contribution >= 4 is 32.4 Å². The van der Waals surface area contributed by atoms with Crippen LogP contribution in [0.25, 0.3) is 11.0 Å². The van der Waals surface area contributed by atoms with Crippen molar-refractivity contribution in [2.24, 2.45) is 0 Å². The third kappa shape index (κ3) is 4.78. The Hall–Kier alpha value is -1.70. The standard InChI is InChI=1S/C20H27N3O2S2/c1-3-5-11-21-27(24,25)17-9-10-19-18(15-17)22-20(23(19)12-6-4-2)14-16-8-7-13-26-16/h7-10,13,15,21H,3-6,11-12,14H2,1-2H3. The zero-order valence-corrected chi connectivity index (χ0v) is 17.6. The predicted octanol–water partition coefficient (Wildman–Crippen LogP) is 4.57. The van der Waals surface area contributed by atoms with Crippen LogP contribution in [0.4, 0.5) is 0 Å². The predicted molar refractivity (Wildman–Crippen MR) is 112 cm³/mol. The van der Waals surface area contributed by atoms with Crippen molar-refractivity contribution < 1.29 is 8.42 Å². The lowest BCUT2D eigenvalue weighted by molar-refractivity contribution is 0.578. The molecule has 0 fully saturated rings. The molecule has 1 N–H and O–H groups in total. The molecule has 0 saturated carbocycles. The molecular weight excluding hydrogens is 378 g/mol. The number of nitrogens with one attached hydrogen (secondary N) is 1. The van der Waals surface area contributed by atoms with Gasteiger partial charge in [-0.3, -0.25) is 0 Å². The average molecular weight is 406 g/mol. The molecule has 0 amide bonds. The Bertz CT molecular complexity index is 976. The smallest absolute Gasteiger partial charge is 0.240 e. The van der Waals surface area contributed by atoms with E-state index >= 15 is 0 Å². The van der Waals surface area contributed by atoms with Gasteiger partial charge in [-0.1, -0.05) is 32.8 Å². The van der Waals surface area contributed by atoms with Crippen molar-refractivity contribution in [2.45, 2.75) is 57.4 Å². The minimum atomic E-state index is -3.49. The molecular formula is C20H27N3O2S2. The van der Waals surface area contributed by atoms with Gasteiger partial charge in [0.2, 0.25) is 10.0 Å². The van der Waals surface area contributed by atoms with E-state index in [0.29, 0.717) is 6.54 Å². The number of fused-ring (bicyclic) bond motifs is 1. The lowest BCUT2D eigenvalue weighted by Crippen LogP contribution is -2.24. The molecule has 3 aromatic rings. The van der Waals surface area contributed by atoms with Gasteiger partial charge in [-0.25, -0.2) is 18.1 Å². The molecule has 7 heteroatoms. The fourth-order valence-corrected chi connectivity index (χ4v) is 4.86. The fourth-order valence-electron chi connectivity index (χ4n) is 3.06. The van der Waals surface area contributed by atoms with Crippen LogP contribution in [0.2, 0.25) is 0 Å². The highest BCUT2D eigenvalue weighted by atomic mass is 32.2. The maximum absolute atomic E-state index is 12.5. The molecule has 3 rings (SSSR count). The van der Waals surface area contributed by atoms with E-state index in [4.69, 9.17) is 4.98 Å². The largest absolute Gasteiger partial charge is 0.328 e. The molecule has 0 aliphatic rings. The molecule has 1 aromatic carbocycles. The van der Waals surface area contributed by atoms with Crippen LogP contribution in [0.15, 0.2) is 40.6 Å². The van der Waals surface area contributed by atoms with Gasteiger partial charge in [-0.15, -0.1) is 11.3 Å². The van der Waals surface area contributed by atoms with Gasteiger partial charge in [0.25, 0.3) is 0 Å². The Balaban J connectivity index is 1.96. The maximum atomic E-state index is 12.5. The van der Waals surface area contributed by atoms with E-state index in [1.165, 1.54) is 4.88 Å². The van der Waals surface area contributed by atoms with Crippen molar-refractivity contribution in [1.82, 2.24) is 14.3 Å². The highest BCUT2D eigenvalue weighted by Crippen LogP contribution is 2.24. The molecule has 0 aliphatic heterocycles. The van der Waals surface area contributed by atoms with Crippen LogP contribution in [-0.4, -0.2) is 24.5 Å². The van der Waals surface area contributed by atoms with Gasteiger partial charge in [0.1, 0.15) is 5.82 Å². The van der Waals surface area contributed by atoms with Gasteiger partial charge in [0.05, 0.1) is 15.9 Å². The molecule has 0 bridgehead atoms. The molecule has 0 unspecified atom stereocenters. The summed E-state index contributed by atoms with van der Waals surface area (Å²) in [6.07, 6.45) is 4.73. The van der Waals surface area contributed by atoms with Crippen molar-refractivity contribution in [3.8, 4) is 0 Å². The van der Waals surface area contributed by atoms with Crippen LogP contribution >= 0.6 is 11.3 Å². The van der Waals surface area contributed by atoms with E-state index in [9.17, 15) is 8.42 Å². The first kappa shape index (κ1) is 20.0. The zero-order chi connectivity index (χ0) is 19.3. The molecule has 2 aromatic heterocycles. The summed E-state index contributed by atoms with van der Waals surface area (Å²) in [6.45, 7) is 5.57. The van der Waals surface area contributed by atoms with Gasteiger partial charge < -0.3 is 4.57 Å². The van der Waals surface area contributed by atoms with E-state index in [-0.39, 0.29) is 4.90 Å². The molecule has 0 atom stereocenters. The summed E-state index contributed by atoms with van der Waals surface area (Å²) in [5.74, 6) is 0.995. The van der Waals surface area contributed by atoms with Gasteiger partial charge in [0.15, 0.2) is 0 Å². The van der Waals surface area contributed by atoms with Crippen LogP contribution in [0.1, 0.15) is 50.2 Å². The molecule has 146 valence electrons. The lowest BCUT2D eigenvalue weighted by atomic mass is 10.3. The number of hydrogen-bond acceptors (Lipinski definition) is 4. The fraction of sp³-hybridized carbons (Fsp3) is 0.450. The minimum absolute atomic E-state index is 0.286. The molecule has 0 spiro atoms. The molecule has 27 heavy (non-hydrogen) atoms. The highest BCUT2D eigenvalue weighted by Gasteiger charge is 2.17. The molecule has 5 nitrogen and oxygen atoms in total. The summed E-state index contributed by atoms with van der Waals surface area (Å²) in [5.41, 5.74) is 1.75. The average Bonchev–Trinajstić information content (AvgIpc) is 3.27. The van der Waals surface area contributed by atoms with Crippen LogP contribution in [-0.2, 0) is 23.0 Å².